The second-order valence-corrected chi connectivity index (χ2v) is 5.92. The van der Waals surface area contributed by atoms with Crippen LogP contribution < -0.4 is 11.2 Å². The van der Waals surface area contributed by atoms with Crippen molar-refractivity contribution in [2.45, 2.75) is 59.0 Å². The molecule has 1 unspecified atom stereocenters. The van der Waals surface area contributed by atoms with Crippen LogP contribution in [-0.2, 0) is 4.84 Å². The van der Waals surface area contributed by atoms with E-state index in [4.69, 9.17) is 10.6 Å². The summed E-state index contributed by atoms with van der Waals surface area (Å²) in [5.74, 6) is 0. The van der Waals surface area contributed by atoms with Crippen LogP contribution in [0.1, 0.15) is 47.5 Å². The molecule has 3 heteroatoms. The molecule has 1 atom stereocenters. The van der Waals surface area contributed by atoms with Gasteiger partial charge in [-0.1, -0.05) is 20.8 Å². The minimum atomic E-state index is -0.0561. The van der Waals surface area contributed by atoms with Crippen molar-refractivity contribution >= 4 is 0 Å². The molecule has 0 spiro atoms. The Morgan fingerprint density at radius 2 is 1.64 bits per heavy atom. The van der Waals surface area contributed by atoms with Crippen molar-refractivity contribution in [3.05, 3.63) is 0 Å². The summed E-state index contributed by atoms with van der Waals surface area (Å²) in [5.41, 5.74) is 9.28. The fourth-order valence-corrected chi connectivity index (χ4v) is 1.83. The van der Waals surface area contributed by atoms with Gasteiger partial charge in [0.05, 0.1) is 7.11 Å². The second kappa shape index (κ2) is 5.10. The maximum absolute atomic E-state index is 6.08. The fraction of sp³-hybridized carbons (Fsp3) is 1.00. The van der Waals surface area contributed by atoms with Gasteiger partial charge in [-0.2, -0.15) is 5.48 Å². The quantitative estimate of drug-likeness (QED) is 0.671. The van der Waals surface area contributed by atoms with Crippen molar-refractivity contribution in [1.29, 1.82) is 0 Å². The van der Waals surface area contributed by atoms with E-state index in [-0.39, 0.29) is 11.6 Å². The summed E-state index contributed by atoms with van der Waals surface area (Å²) in [6, 6.07) is 0.215. The van der Waals surface area contributed by atoms with E-state index < -0.39 is 0 Å². The monoisotopic (exact) mass is 202 g/mol. The molecule has 14 heavy (non-hydrogen) atoms. The van der Waals surface area contributed by atoms with Gasteiger partial charge in [0.25, 0.3) is 0 Å². The molecule has 0 heterocycles. The highest BCUT2D eigenvalue weighted by molar-refractivity contribution is 4.82. The maximum atomic E-state index is 6.08. The minimum absolute atomic E-state index is 0.0561. The van der Waals surface area contributed by atoms with E-state index in [9.17, 15) is 0 Å². The molecule has 0 fully saturated rings. The summed E-state index contributed by atoms with van der Waals surface area (Å²) in [4.78, 5) is 4.93. The van der Waals surface area contributed by atoms with Gasteiger partial charge in [0.15, 0.2) is 0 Å². The molecule has 0 amide bonds. The van der Waals surface area contributed by atoms with Gasteiger partial charge in [0.2, 0.25) is 0 Å². The Hall–Kier alpha value is -0.120. The average Bonchev–Trinajstić information content (AvgIpc) is 1.78. The first-order valence-corrected chi connectivity index (χ1v) is 5.22. The third kappa shape index (κ3) is 7.30. The number of rotatable bonds is 5. The lowest BCUT2D eigenvalue weighted by Crippen LogP contribution is -2.44. The molecule has 0 saturated heterocycles. The van der Waals surface area contributed by atoms with Crippen LogP contribution in [0.4, 0.5) is 0 Å². The van der Waals surface area contributed by atoms with Crippen molar-refractivity contribution in [2.24, 2.45) is 11.1 Å². The summed E-state index contributed by atoms with van der Waals surface area (Å²) in [7, 11) is 1.64. The van der Waals surface area contributed by atoms with Crippen molar-refractivity contribution in [3.8, 4) is 0 Å². The number of hydrogen-bond donors (Lipinski definition) is 2. The van der Waals surface area contributed by atoms with Crippen LogP contribution in [0.15, 0.2) is 0 Å². The molecule has 0 saturated carbocycles. The highest BCUT2D eigenvalue weighted by atomic mass is 16.6. The maximum Gasteiger partial charge on any atom is 0.0572 e. The van der Waals surface area contributed by atoms with Gasteiger partial charge in [-0.3, -0.25) is 0 Å². The largest absolute Gasteiger partial charge is 0.328 e. The Morgan fingerprint density at radius 1 is 1.14 bits per heavy atom. The summed E-state index contributed by atoms with van der Waals surface area (Å²) in [6.45, 7) is 10.8. The predicted octanol–water partition coefficient (Wildman–Crippen LogP) is 2.07. The van der Waals surface area contributed by atoms with Crippen LogP contribution in [0, 0.1) is 5.41 Å². The van der Waals surface area contributed by atoms with E-state index >= 15 is 0 Å². The first kappa shape index (κ1) is 13.9. The van der Waals surface area contributed by atoms with Crippen LogP contribution in [-0.4, -0.2) is 18.7 Å². The van der Waals surface area contributed by atoms with Crippen LogP contribution in [0.2, 0.25) is 0 Å². The second-order valence-electron chi connectivity index (χ2n) is 5.92. The summed E-state index contributed by atoms with van der Waals surface area (Å²) < 4.78 is 0. The van der Waals surface area contributed by atoms with Crippen LogP contribution >= 0.6 is 0 Å². The Labute approximate surface area is 88.3 Å². The zero-order valence-corrected chi connectivity index (χ0v) is 10.5. The predicted molar refractivity (Wildman–Crippen MR) is 60.9 cm³/mol. The van der Waals surface area contributed by atoms with Gasteiger partial charge in [-0.15, -0.1) is 0 Å². The highest BCUT2D eigenvalue weighted by Gasteiger charge is 2.24. The average molecular weight is 202 g/mol. The molecule has 86 valence electrons. The lowest BCUT2D eigenvalue weighted by Gasteiger charge is -2.31. The van der Waals surface area contributed by atoms with Crippen LogP contribution in [0.25, 0.3) is 0 Å². The first-order chi connectivity index (χ1) is 6.16. The van der Waals surface area contributed by atoms with E-state index in [1.54, 1.807) is 7.11 Å². The summed E-state index contributed by atoms with van der Waals surface area (Å²) >= 11 is 0. The van der Waals surface area contributed by atoms with Crippen molar-refractivity contribution in [3.63, 3.8) is 0 Å². The molecule has 3 N–H and O–H groups in total. The third-order valence-corrected chi connectivity index (χ3v) is 2.03. The third-order valence-electron chi connectivity index (χ3n) is 2.03. The highest BCUT2D eigenvalue weighted by Crippen LogP contribution is 2.23. The van der Waals surface area contributed by atoms with E-state index in [1.807, 2.05) is 0 Å². The van der Waals surface area contributed by atoms with Gasteiger partial charge < -0.3 is 10.6 Å². The zero-order valence-electron chi connectivity index (χ0n) is 10.5. The molecule has 0 bridgehead atoms. The molecule has 0 aromatic carbocycles. The van der Waals surface area contributed by atoms with Gasteiger partial charge in [0.1, 0.15) is 0 Å². The number of hydroxylamine groups is 1. The van der Waals surface area contributed by atoms with Crippen molar-refractivity contribution in [1.82, 2.24) is 5.48 Å². The molecule has 0 aliphatic heterocycles. The SMILES string of the molecule is CONC(C)(C)CC(N)CC(C)(C)C. The molecular weight excluding hydrogens is 176 g/mol. The zero-order chi connectivity index (χ0) is 11.4. The Bertz CT molecular complexity index is 161. The lowest BCUT2D eigenvalue weighted by molar-refractivity contribution is 0.0196. The van der Waals surface area contributed by atoms with E-state index in [2.05, 4.69) is 40.1 Å². The molecule has 3 nitrogen and oxygen atoms in total. The van der Waals surface area contributed by atoms with Crippen LogP contribution in [0.5, 0.6) is 0 Å². The molecule has 0 aromatic rings. The molecular formula is C11H26N2O. The normalized spacial score (nSPS) is 15.6. The first-order valence-electron chi connectivity index (χ1n) is 5.22. The standard InChI is InChI=1S/C11H26N2O/c1-10(2,3)7-9(12)8-11(4,5)13-14-6/h9,13H,7-8,12H2,1-6H3. The Kier molecular flexibility index (Phi) is 5.06. The number of nitrogens with two attached hydrogens (primary N) is 1. The van der Waals surface area contributed by atoms with Crippen LogP contribution in [0.3, 0.4) is 0 Å². The Morgan fingerprint density at radius 3 is 2.00 bits per heavy atom. The van der Waals surface area contributed by atoms with Gasteiger partial charge >= 0.3 is 0 Å². The van der Waals surface area contributed by atoms with Gasteiger partial charge in [-0.25, -0.2) is 0 Å². The lowest BCUT2D eigenvalue weighted by atomic mass is 9.84. The number of hydrogen-bond acceptors (Lipinski definition) is 3. The molecule has 0 radical (unpaired) electrons. The molecule has 0 aliphatic carbocycles. The number of nitrogens with one attached hydrogen (secondary N) is 1. The summed E-state index contributed by atoms with van der Waals surface area (Å²) in [5, 5.41) is 0. The van der Waals surface area contributed by atoms with Crippen molar-refractivity contribution in [2.75, 3.05) is 7.11 Å². The topological polar surface area (TPSA) is 47.3 Å². The Balaban J connectivity index is 3.98. The van der Waals surface area contributed by atoms with E-state index in [1.165, 1.54) is 0 Å². The van der Waals surface area contributed by atoms with E-state index in [0.717, 1.165) is 12.8 Å². The molecule has 0 aromatic heterocycles. The smallest absolute Gasteiger partial charge is 0.0572 e. The summed E-state index contributed by atoms with van der Waals surface area (Å²) in [6.07, 6.45) is 1.94. The fourth-order valence-electron chi connectivity index (χ4n) is 1.83. The van der Waals surface area contributed by atoms with Gasteiger partial charge in [0, 0.05) is 11.6 Å². The molecule has 0 aliphatic rings. The minimum Gasteiger partial charge on any atom is -0.328 e. The van der Waals surface area contributed by atoms with E-state index in [0.29, 0.717) is 5.41 Å². The van der Waals surface area contributed by atoms with Crippen molar-refractivity contribution < 1.29 is 4.84 Å². The molecule has 0 rings (SSSR count). The van der Waals surface area contributed by atoms with Gasteiger partial charge in [-0.05, 0) is 32.1 Å².